The quantitative estimate of drug-likeness (QED) is 0.637. The Bertz CT molecular complexity index is 379. The molecule has 1 aliphatic carbocycles. The molecule has 3 heteroatoms. The summed E-state index contributed by atoms with van der Waals surface area (Å²) < 4.78 is 0. The molecule has 0 unspecified atom stereocenters. The van der Waals surface area contributed by atoms with Gasteiger partial charge in [-0.3, -0.25) is 0 Å². The molecule has 0 aliphatic heterocycles. The highest BCUT2D eigenvalue weighted by Gasteiger charge is 2.18. The first-order valence-electron chi connectivity index (χ1n) is 4.31. The van der Waals surface area contributed by atoms with Crippen molar-refractivity contribution < 1.29 is 0 Å². The minimum absolute atomic E-state index is 0.808. The molecule has 2 rings (SSSR count). The Morgan fingerprint density at radius 2 is 2.38 bits per heavy atom. The van der Waals surface area contributed by atoms with Crippen LogP contribution in [0.1, 0.15) is 23.1 Å². The van der Waals surface area contributed by atoms with Crippen LogP contribution in [0.4, 0.5) is 0 Å². The van der Waals surface area contributed by atoms with Crippen molar-refractivity contribution in [1.82, 2.24) is 4.98 Å². The maximum atomic E-state index is 9.01. The van der Waals surface area contributed by atoms with Crippen LogP contribution in [0.2, 0.25) is 0 Å². The molecule has 0 N–H and O–H groups in total. The van der Waals surface area contributed by atoms with Gasteiger partial charge in [-0.15, -0.1) is 11.8 Å². The van der Waals surface area contributed by atoms with Crippen LogP contribution in [0.25, 0.3) is 0 Å². The van der Waals surface area contributed by atoms with Gasteiger partial charge in [0, 0.05) is 6.20 Å². The summed E-state index contributed by atoms with van der Waals surface area (Å²) in [5, 5.41) is 9.89. The van der Waals surface area contributed by atoms with Crippen molar-refractivity contribution in [3.63, 3.8) is 0 Å². The average molecular weight is 190 g/mol. The number of pyridine rings is 1. The Hall–Kier alpha value is -1.01. The minimum atomic E-state index is 0.808. The van der Waals surface area contributed by atoms with Crippen molar-refractivity contribution >= 4 is 11.8 Å². The maximum absolute atomic E-state index is 9.01. The zero-order valence-electron chi connectivity index (χ0n) is 7.50. The second-order valence-electron chi connectivity index (χ2n) is 3.11. The van der Waals surface area contributed by atoms with E-state index in [0.717, 1.165) is 23.4 Å². The van der Waals surface area contributed by atoms with Gasteiger partial charge < -0.3 is 0 Å². The summed E-state index contributed by atoms with van der Waals surface area (Å²) >= 11 is 1.55. The predicted molar refractivity (Wildman–Crippen MR) is 52.8 cm³/mol. The monoisotopic (exact) mass is 190 g/mol. The van der Waals surface area contributed by atoms with Gasteiger partial charge in [0.05, 0.1) is 5.56 Å². The van der Waals surface area contributed by atoms with E-state index >= 15 is 0 Å². The predicted octanol–water partition coefficient (Wildman–Crippen LogP) is 2.16. The lowest BCUT2D eigenvalue weighted by Gasteiger charge is -2.04. The van der Waals surface area contributed by atoms with E-state index < -0.39 is 0 Å². The molecule has 1 heterocycles. The molecule has 0 aromatic carbocycles. The second-order valence-corrected chi connectivity index (χ2v) is 3.91. The molecule has 13 heavy (non-hydrogen) atoms. The normalized spacial score (nSPS) is 13.8. The lowest BCUT2D eigenvalue weighted by atomic mass is 10.1. The van der Waals surface area contributed by atoms with Crippen LogP contribution < -0.4 is 0 Å². The topological polar surface area (TPSA) is 36.7 Å². The van der Waals surface area contributed by atoms with Gasteiger partial charge in [0.1, 0.15) is 11.1 Å². The highest BCUT2D eigenvalue weighted by Crippen LogP contribution is 2.29. The molecule has 1 aliphatic rings. The van der Waals surface area contributed by atoms with E-state index in [1.165, 1.54) is 17.5 Å². The van der Waals surface area contributed by atoms with Crippen LogP contribution >= 0.6 is 11.8 Å². The summed E-state index contributed by atoms with van der Waals surface area (Å²) in [4.78, 5) is 4.28. The fraction of sp³-hybridized carbons (Fsp3) is 0.400. The van der Waals surface area contributed by atoms with Crippen molar-refractivity contribution in [2.45, 2.75) is 24.3 Å². The highest BCUT2D eigenvalue weighted by molar-refractivity contribution is 7.98. The first kappa shape index (κ1) is 8.58. The third-order valence-corrected chi connectivity index (χ3v) is 3.12. The zero-order valence-corrected chi connectivity index (χ0v) is 8.32. The Morgan fingerprint density at radius 3 is 3.08 bits per heavy atom. The number of aromatic nitrogens is 1. The van der Waals surface area contributed by atoms with Crippen molar-refractivity contribution in [3.8, 4) is 6.07 Å². The minimum Gasteiger partial charge on any atom is -0.248 e. The Morgan fingerprint density at radius 1 is 1.54 bits per heavy atom. The largest absolute Gasteiger partial charge is 0.248 e. The second kappa shape index (κ2) is 3.39. The zero-order chi connectivity index (χ0) is 9.26. The number of nitriles is 1. The van der Waals surface area contributed by atoms with E-state index in [1.807, 2.05) is 12.5 Å². The summed E-state index contributed by atoms with van der Waals surface area (Å²) in [5.74, 6) is 0. The van der Waals surface area contributed by atoms with E-state index in [9.17, 15) is 0 Å². The molecule has 0 bridgehead atoms. The molecule has 66 valence electrons. The van der Waals surface area contributed by atoms with Gasteiger partial charge in [-0.2, -0.15) is 5.26 Å². The average Bonchev–Trinajstić information content (AvgIpc) is 2.63. The number of rotatable bonds is 1. The maximum Gasteiger partial charge on any atom is 0.114 e. The highest BCUT2D eigenvalue weighted by atomic mass is 32.2. The Balaban J connectivity index is 2.61. The molecule has 0 saturated heterocycles. The summed E-state index contributed by atoms with van der Waals surface area (Å²) in [6.45, 7) is 0. The first-order chi connectivity index (χ1) is 6.36. The van der Waals surface area contributed by atoms with Gasteiger partial charge in [0.2, 0.25) is 0 Å². The van der Waals surface area contributed by atoms with E-state index in [1.54, 1.807) is 11.8 Å². The van der Waals surface area contributed by atoms with Crippen LogP contribution in [0.15, 0.2) is 11.2 Å². The standard InChI is InChI=1S/C10H10N2S/c1-13-10-9(5-11)8-4-2-3-7(8)6-12-10/h6H,2-4H2,1H3. The van der Waals surface area contributed by atoms with Crippen LogP contribution in [-0.2, 0) is 12.8 Å². The van der Waals surface area contributed by atoms with E-state index in [4.69, 9.17) is 5.26 Å². The molecule has 0 saturated carbocycles. The Kier molecular flexibility index (Phi) is 2.24. The summed E-state index contributed by atoms with van der Waals surface area (Å²) in [7, 11) is 0. The molecule has 2 nitrogen and oxygen atoms in total. The Labute approximate surface area is 82.0 Å². The van der Waals surface area contributed by atoms with Crippen LogP contribution in [0.3, 0.4) is 0 Å². The van der Waals surface area contributed by atoms with Crippen LogP contribution in [-0.4, -0.2) is 11.2 Å². The fourth-order valence-electron chi connectivity index (χ4n) is 1.80. The van der Waals surface area contributed by atoms with Crippen LogP contribution in [0.5, 0.6) is 0 Å². The molecule has 0 radical (unpaired) electrons. The number of aryl methyl sites for hydroxylation is 1. The van der Waals surface area contributed by atoms with Gasteiger partial charge in [0.15, 0.2) is 0 Å². The molecule has 0 atom stereocenters. The SMILES string of the molecule is CSc1ncc2c(c1C#N)CCC2. The molecule has 0 fully saturated rings. The lowest BCUT2D eigenvalue weighted by Crippen LogP contribution is -1.94. The number of thioether (sulfide) groups is 1. The fourth-order valence-corrected chi connectivity index (χ4v) is 2.33. The molecule has 0 amide bonds. The van der Waals surface area contributed by atoms with E-state index in [0.29, 0.717) is 0 Å². The first-order valence-corrected chi connectivity index (χ1v) is 5.54. The van der Waals surface area contributed by atoms with Crippen molar-refractivity contribution in [3.05, 3.63) is 22.9 Å². The number of hydrogen-bond donors (Lipinski definition) is 0. The molecule has 1 aromatic rings. The molecule has 1 aromatic heterocycles. The molecular weight excluding hydrogens is 180 g/mol. The van der Waals surface area contributed by atoms with Gasteiger partial charge in [-0.1, -0.05) is 0 Å². The van der Waals surface area contributed by atoms with Gasteiger partial charge in [-0.25, -0.2) is 4.98 Å². The number of hydrogen-bond acceptors (Lipinski definition) is 3. The van der Waals surface area contributed by atoms with Crippen molar-refractivity contribution in [2.24, 2.45) is 0 Å². The third-order valence-electron chi connectivity index (χ3n) is 2.42. The molecular formula is C10H10N2S. The third kappa shape index (κ3) is 1.31. The summed E-state index contributed by atoms with van der Waals surface area (Å²) in [6, 6.07) is 2.26. The van der Waals surface area contributed by atoms with Crippen molar-refractivity contribution in [1.29, 1.82) is 5.26 Å². The summed E-state index contributed by atoms with van der Waals surface area (Å²) in [5.41, 5.74) is 3.32. The number of nitrogens with zero attached hydrogens (tertiary/aromatic N) is 2. The lowest BCUT2D eigenvalue weighted by molar-refractivity contribution is 0.910. The van der Waals surface area contributed by atoms with Gasteiger partial charge in [-0.05, 0) is 36.6 Å². The van der Waals surface area contributed by atoms with Crippen LogP contribution in [0, 0.1) is 11.3 Å². The van der Waals surface area contributed by atoms with Gasteiger partial charge in [0.25, 0.3) is 0 Å². The smallest absolute Gasteiger partial charge is 0.114 e. The van der Waals surface area contributed by atoms with E-state index in [2.05, 4.69) is 11.1 Å². The van der Waals surface area contributed by atoms with Crippen molar-refractivity contribution in [2.75, 3.05) is 6.26 Å². The van der Waals surface area contributed by atoms with Gasteiger partial charge >= 0.3 is 0 Å². The van der Waals surface area contributed by atoms with E-state index in [-0.39, 0.29) is 0 Å². The summed E-state index contributed by atoms with van der Waals surface area (Å²) in [6.07, 6.45) is 7.20. The number of fused-ring (bicyclic) bond motifs is 1. The molecule has 0 spiro atoms.